The molecule has 0 spiro atoms. The number of hydrogen-bond acceptors (Lipinski definition) is 5. The van der Waals surface area contributed by atoms with Crippen molar-refractivity contribution in [1.82, 2.24) is 0 Å². The molecule has 0 bridgehead atoms. The molecule has 226 valence electrons. The molecule has 0 aliphatic carbocycles. The number of benzene rings is 1. The monoisotopic (exact) mass is 610 g/mol. The van der Waals surface area contributed by atoms with E-state index in [2.05, 4.69) is 13.8 Å². The maximum Gasteiger partial charge on any atom is 1.00 e. The Balaban J connectivity index is 0. The van der Waals surface area contributed by atoms with Crippen LogP contribution in [-0.4, -0.2) is 46.5 Å². The normalized spacial score (nSPS) is 12.4. The fourth-order valence-electron chi connectivity index (χ4n) is 4.15. The van der Waals surface area contributed by atoms with Gasteiger partial charge in [-0.3, -0.25) is 14.1 Å². The zero-order valence-corrected chi connectivity index (χ0v) is 28.7. The predicted octanol–water partition coefficient (Wildman–Crippen LogP) is 4.73. The first-order valence-electron chi connectivity index (χ1n) is 14.5. The number of hydrogen-bond donors (Lipinski definition) is 3. The fourth-order valence-corrected chi connectivity index (χ4v) is 4.76. The Bertz CT molecular complexity index is 849. The molecule has 0 saturated heterocycles. The van der Waals surface area contributed by atoms with Gasteiger partial charge < -0.3 is 21.9 Å². The molecule has 1 aromatic rings. The van der Waals surface area contributed by atoms with E-state index in [-0.39, 0.29) is 57.5 Å². The molecule has 0 aromatic heterocycles. The Labute approximate surface area is 285 Å². The van der Waals surface area contributed by atoms with Gasteiger partial charge in [0, 0.05) is 0 Å². The number of para-hydroxylation sites is 1. The summed E-state index contributed by atoms with van der Waals surface area (Å²) in [5, 5.41) is 13.9. The average molecular weight is 611 g/mol. The second-order valence-corrected chi connectivity index (χ2v) is 11.7. The van der Waals surface area contributed by atoms with Gasteiger partial charge in [-0.1, -0.05) is 128 Å². The van der Waals surface area contributed by atoms with Crippen molar-refractivity contribution in [2.24, 2.45) is 0 Å². The standard InChI is InChI=1S/C26H45O.C4H6O7S.K/c1-3-4-5-6-7-8-9-10-11-12-13-14-15-16-17-19-22-25(2)27-26-23-20-18-21-24-26;5-3(6)1-2(4(7)8)12(9,10)11;/h18,20-21,23-25H,2-17,19,22H2,1H3;2H,1H2,(H,5,6)(H,7,8)(H,9,10,11);/q-1;;+1. The van der Waals surface area contributed by atoms with Gasteiger partial charge in [0.15, 0.2) is 5.25 Å². The van der Waals surface area contributed by atoms with Crippen molar-refractivity contribution in [3.8, 4) is 5.75 Å². The molecular weight excluding hydrogens is 559 g/mol. The van der Waals surface area contributed by atoms with Crippen molar-refractivity contribution in [2.75, 3.05) is 0 Å². The van der Waals surface area contributed by atoms with Crippen LogP contribution in [-0.2, 0) is 19.7 Å². The van der Waals surface area contributed by atoms with Gasteiger partial charge in [0.25, 0.3) is 10.1 Å². The van der Waals surface area contributed by atoms with E-state index in [1.165, 1.54) is 103 Å². The Morgan fingerprint density at radius 2 is 1.18 bits per heavy atom. The van der Waals surface area contributed by atoms with Gasteiger partial charge in [-0.05, 0) is 24.7 Å². The molecule has 0 fully saturated rings. The van der Waals surface area contributed by atoms with E-state index in [9.17, 15) is 18.0 Å². The SMILES string of the molecule is O=C(O)CC(C(=O)O)S(=O)(=O)O.[CH2-]C(CCCCCCCCCCCCCCCCCC)Oc1ccccc1.[K+]. The fraction of sp³-hybridized carbons (Fsp3) is 0.700. The number of aliphatic carboxylic acids is 2. The van der Waals surface area contributed by atoms with Gasteiger partial charge in [-0.25, -0.2) is 0 Å². The van der Waals surface area contributed by atoms with Crippen molar-refractivity contribution in [3.05, 3.63) is 37.3 Å². The Morgan fingerprint density at radius 1 is 0.775 bits per heavy atom. The third-order valence-corrected chi connectivity index (χ3v) is 7.51. The van der Waals surface area contributed by atoms with E-state index in [1.807, 2.05) is 30.3 Å². The van der Waals surface area contributed by atoms with Gasteiger partial charge in [-0.2, -0.15) is 8.42 Å². The van der Waals surface area contributed by atoms with E-state index in [4.69, 9.17) is 19.5 Å². The molecule has 8 nitrogen and oxygen atoms in total. The number of carboxylic acids is 2. The Hall–Kier alpha value is -0.494. The first kappa shape index (κ1) is 41.6. The van der Waals surface area contributed by atoms with Gasteiger partial charge in [-0.15, -0.1) is 0 Å². The first-order chi connectivity index (χ1) is 18.6. The van der Waals surface area contributed by atoms with Gasteiger partial charge >= 0.3 is 63.3 Å². The summed E-state index contributed by atoms with van der Waals surface area (Å²) in [6, 6.07) is 10.0. The van der Waals surface area contributed by atoms with E-state index in [0.29, 0.717) is 0 Å². The summed E-state index contributed by atoms with van der Waals surface area (Å²) >= 11 is 0. The number of carbonyl (C=O) groups is 2. The van der Waals surface area contributed by atoms with Crippen molar-refractivity contribution < 1.29 is 88.9 Å². The van der Waals surface area contributed by atoms with Crippen LogP contribution < -0.4 is 56.1 Å². The number of carboxylic acid groups (broad SMARTS) is 2. The number of unbranched alkanes of at least 4 members (excludes halogenated alkanes) is 15. The summed E-state index contributed by atoms with van der Waals surface area (Å²) in [4.78, 5) is 20.0. The summed E-state index contributed by atoms with van der Waals surface area (Å²) in [5.41, 5.74) is 0. The summed E-state index contributed by atoms with van der Waals surface area (Å²) in [5.74, 6) is -2.56. The van der Waals surface area contributed by atoms with E-state index < -0.39 is 33.7 Å². The maximum absolute atomic E-state index is 10.2. The van der Waals surface area contributed by atoms with Gasteiger partial charge in [0.2, 0.25) is 0 Å². The zero-order chi connectivity index (χ0) is 29.4. The van der Waals surface area contributed by atoms with Crippen LogP contribution in [0.15, 0.2) is 30.3 Å². The molecule has 1 rings (SSSR count). The van der Waals surface area contributed by atoms with Crippen LogP contribution in [0.2, 0.25) is 0 Å². The van der Waals surface area contributed by atoms with E-state index in [0.717, 1.165) is 12.2 Å². The van der Waals surface area contributed by atoms with Crippen LogP contribution in [0, 0.1) is 6.92 Å². The Morgan fingerprint density at radius 3 is 1.50 bits per heavy atom. The van der Waals surface area contributed by atoms with Crippen LogP contribution in [0.25, 0.3) is 0 Å². The largest absolute Gasteiger partial charge is 1.00 e. The van der Waals surface area contributed by atoms with E-state index >= 15 is 0 Å². The molecule has 0 aliphatic rings. The third-order valence-electron chi connectivity index (χ3n) is 6.42. The topological polar surface area (TPSA) is 138 Å². The van der Waals surface area contributed by atoms with Crippen molar-refractivity contribution in [3.63, 3.8) is 0 Å². The molecule has 0 aliphatic heterocycles. The molecule has 0 saturated carbocycles. The second kappa shape index (κ2) is 27.3. The molecule has 3 N–H and O–H groups in total. The average Bonchev–Trinajstić information content (AvgIpc) is 2.87. The minimum atomic E-state index is -4.84. The summed E-state index contributed by atoms with van der Waals surface area (Å²) < 4.78 is 34.5. The van der Waals surface area contributed by atoms with Crippen molar-refractivity contribution in [2.45, 2.75) is 134 Å². The smallest absolute Gasteiger partial charge is 0.522 e. The van der Waals surface area contributed by atoms with E-state index in [1.54, 1.807) is 0 Å². The van der Waals surface area contributed by atoms with Crippen LogP contribution >= 0.6 is 0 Å². The molecule has 0 heterocycles. The van der Waals surface area contributed by atoms with Crippen LogP contribution in [0.3, 0.4) is 0 Å². The predicted molar refractivity (Wildman–Crippen MR) is 156 cm³/mol. The maximum atomic E-state index is 10.2. The summed E-state index contributed by atoms with van der Waals surface area (Å²) in [6.45, 7) is 6.41. The first-order valence-corrected chi connectivity index (χ1v) is 16.0. The minimum Gasteiger partial charge on any atom is -0.522 e. The van der Waals surface area contributed by atoms with Crippen molar-refractivity contribution >= 4 is 22.1 Å². The molecular formula is C30H51KO8S. The summed E-state index contributed by atoms with van der Waals surface area (Å²) in [7, 11) is -4.84. The molecule has 0 amide bonds. The zero-order valence-electron chi connectivity index (χ0n) is 24.8. The minimum absolute atomic E-state index is 0. The number of ether oxygens (including phenoxy) is 1. The van der Waals surface area contributed by atoms with Crippen LogP contribution in [0.5, 0.6) is 5.75 Å². The van der Waals surface area contributed by atoms with Crippen LogP contribution in [0.4, 0.5) is 0 Å². The quantitative estimate of drug-likeness (QED) is 0.0700. The molecule has 10 heteroatoms. The Kier molecular flexibility index (Phi) is 28.5. The molecule has 2 unspecified atom stereocenters. The summed E-state index contributed by atoms with van der Waals surface area (Å²) in [6.07, 6.45) is 22.6. The third kappa shape index (κ3) is 26.4. The molecule has 40 heavy (non-hydrogen) atoms. The molecule has 1 aromatic carbocycles. The molecule has 0 radical (unpaired) electrons. The second-order valence-electron chi connectivity index (χ2n) is 10.1. The van der Waals surface area contributed by atoms with Crippen LogP contribution in [0.1, 0.15) is 122 Å². The van der Waals surface area contributed by atoms with Crippen molar-refractivity contribution in [1.29, 1.82) is 0 Å². The molecule has 2 atom stereocenters. The van der Waals surface area contributed by atoms with Gasteiger partial charge in [0.05, 0.1) is 6.42 Å². The number of rotatable bonds is 23. The van der Waals surface area contributed by atoms with Gasteiger partial charge in [0.1, 0.15) is 5.75 Å².